The van der Waals surface area contributed by atoms with Crippen molar-refractivity contribution in [2.75, 3.05) is 0 Å². The molecule has 4 heteroatoms. The molecule has 3 N–H and O–H groups in total. The molecule has 116 valence electrons. The lowest BCUT2D eigenvalue weighted by Gasteiger charge is -2.39. The lowest BCUT2D eigenvalue weighted by atomic mass is 9.77. The van der Waals surface area contributed by atoms with Gasteiger partial charge in [-0.05, 0) is 59.3 Å². The number of nitrogens with two attached hydrogens (primary N) is 1. The van der Waals surface area contributed by atoms with E-state index in [9.17, 15) is 4.79 Å². The molecule has 4 nitrogen and oxygen atoms in total. The van der Waals surface area contributed by atoms with Crippen molar-refractivity contribution in [2.24, 2.45) is 5.73 Å². The maximum Gasteiger partial charge on any atom is 0.408 e. The highest BCUT2D eigenvalue weighted by Gasteiger charge is 2.42. The number of hydrogen-bond acceptors (Lipinski definition) is 3. The number of carbonyl (C=O) groups excluding carboxylic acids is 1. The number of carbonyl (C=O) groups is 1. The van der Waals surface area contributed by atoms with E-state index in [-0.39, 0.29) is 17.2 Å². The molecule has 0 heterocycles. The predicted octanol–water partition coefficient (Wildman–Crippen LogP) is 3.49. The Morgan fingerprint density at radius 1 is 1.10 bits per heavy atom. The van der Waals surface area contributed by atoms with Crippen molar-refractivity contribution in [3.63, 3.8) is 0 Å². The van der Waals surface area contributed by atoms with Gasteiger partial charge in [0, 0.05) is 11.1 Å². The summed E-state index contributed by atoms with van der Waals surface area (Å²) in [5.41, 5.74) is 5.74. The first-order valence-corrected chi connectivity index (χ1v) is 8.02. The van der Waals surface area contributed by atoms with E-state index in [0.29, 0.717) is 0 Å². The van der Waals surface area contributed by atoms with Gasteiger partial charge in [-0.3, -0.25) is 0 Å². The second-order valence-electron chi connectivity index (χ2n) is 7.83. The van der Waals surface area contributed by atoms with E-state index in [2.05, 4.69) is 5.32 Å². The number of alkyl carbamates (subject to hydrolysis) is 1. The summed E-state index contributed by atoms with van der Waals surface area (Å²) >= 11 is 0. The van der Waals surface area contributed by atoms with Crippen LogP contribution >= 0.6 is 0 Å². The van der Waals surface area contributed by atoms with E-state index in [0.717, 1.165) is 38.5 Å². The van der Waals surface area contributed by atoms with Crippen LogP contribution in [0.2, 0.25) is 0 Å². The molecular formula is C16H30N2O2. The summed E-state index contributed by atoms with van der Waals surface area (Å²) in [7, 11) is 0. The molecule has 0 bridgehead atoms. The van der Waals surface area contributed by atoms with E-state index in [1.54, 1.807) is 0 Å². The molecule has 2 aliphatic rings. The van der Waals surface area contributed by atoms with Crippen molar-refractivity contribution in [3.05, 3.63) is 0 Å². The second-order valence-corrected chi connectivity index (χ2v) is 7.83. The van der Waals surface area contributed by atoms with E-state index in [1.165, 1.54) is 19.3 Å². The number of nitrogens with one attached hydrogen (secondary N) is 1. The maximum atomic E-state index is 12.1. The Kier molecular flexibility index (Phi) is 4.33. The molecule has 0 aromatic carbocycles. The van der Waals surface area contributed by atoms with Crippen molar-refractivity contribution in [2.45, 2.75) is 95.2 Å². The van der Waals surface area contributed by atoms with Crippen LogP contribution in [-0.2, 0) is 4.74 Å². The molecule has 0 atom stereocenters. The van der Waals surface area contributed by atoms with Crippen LogP contribution in [-0.4, -0.2) is 22.8 Å². The SMILES string of the molecule is CC(C)(C)OC(=O)NC1(CCC2(N)CC2)CCCCC1. The molecule has 2 fully saturated rings. The highest BCUT2D eigenvalue weighted by atomic mass is 16.6. The Morgan fingerprint density at radius 2 is 1.70 bits per heavy atom. The molecule has 0 aliphatic heterocycles. The van der Waals surface area contributed by atoms with Gasteiger partial charge in [-0.15, -0.1) is 0 Å². The zero-order valence-electron chi connectivity index (χ0n) is 13.3. The average molecular weight is 282 g/mol. The van der Waals surface area contributed by atoms with E-state index >= 15 is 0 Å². The minimum atomic E-state index is -0.439. The van der Waals surface area contributed by atoms with Gasteiger partial charge in [0.25, 0.3) is 0 Å². The molecule has 2 rings (SSSR count). The molecule has 20 heavy (non-hydrogen) atoms. The first-order valence-electron chi connectivity index (χ1n) is 8.02. The zero-order chi connectivity index (χ0) is 14.9. The van der Waals surface area contributed by atoms with Crippen molar-refractivity contribution in [1.29, 1.82) is 0 Å². The van der Waals surface area contributed by atoms with Crippen LogP contribution in [0.5, 0.6) is 0 Å². The van der Waals surface area contributed by atoms with E-state index in [4.69, 9.17) is 10.5 Å². The van der Waals surface area contributed by atoms with Gasteiger partial charge in [-0.1, -0.05) is 19.3 Å². The Labute approximate surface area is 122 Å². The molecule has 0 radical (unpaired) electrons. The van der Waals surface area contributed by atoms with Gasteiger partial charge in [0.15, 0.2) is 0 Å². The van der Waals surface area contributed by atoms with Crippen molar-refractivity contribution < 1.29 is 9.53 Å². The van der Waals surface area contributed by atoms with Crippen LogP contribution < -0.4 is 11.1 Å². The Hall–Kier alpha value is -0.770. The monoisotopic (exact) mass is 282 g/mol. The zero-order valence-corrected chi connectivity index (χ0v) is 13.3. The van der Waals surface area contributed by atoms with Gasteiger partial charge < -0.3 is 15.8 Å². The third-order valence-electron chi connectivity index (χ3n) is 4.57. The summed E-state index contributed by atoms with van der Waals surface area (Å²) in [6, 6.07) is 0. The molecular weight excluding hydrogens is 252 g/mol. The number of rotatable bonds is 4. The number of hydrogen-bond donors (Lipinski definition) is 2. The van der Waals surface area contributed by atoms with Crippen molar-refractivity contribution in [3.8, 4) is 0 Å². The van der Waals surface area contributed by atoms with Gasteiger partial charge >= 0.3 is 6.09 Å². The largest absolute Gasteiger partial charge is 0.444 e. The quantitative estimate of drug-likeness (QED) is 0.829. The molecule has 0 saturated heterocycles. The molecule has 2 aliphatic carbocycles. The third-order valence-corrected chi connectivity index (χ3v) is 4.57. The fourth-order valence-corrected chi connectivity index (χ4v) is 3.08. The first kappa shape index (κ1) is 15.6. The summed E-state index contributed by atoms with van der Waals surface area (Å²) in [6.07, 6.45) is 9.76. The molecule has 0 unspecified atom stereocenters. The van der Waals surface area contributed by atoms with E-state index in [1.807, 2.05) is 20.8 Å². The summed E-state index contributed by atoms with van der Waals surface area (Å²) in [5.74, 6) is 0. The predicted molar refractivity (Wildman–Crippen MR) is 80.6 cm³/mol. The van der Waals surface area contributed by atoms with Gasteiger partial charge in [-0.25, -0.2) is 4.79 Å². The van der Waals surface area contributed by atoms with Crippen LogP contribution in [0.3, 0.4) is 0 Å². The standard InChI is InChI=1S/C16H30N2O2/c1-14(2,3)20-13(19)18-16(7-5-4-6-8-16)12-11-15(17)9-10-15/h4-12,17H2,1-3H3,(H,18,19). The van der Waals surface area contributed by atoms with Crippen LogP contribution in [0.1, 0.15) is 78.6 Å². The van der Waals surface area contributed by atoms with Crippen molar-refractivity contribution >= 4 is 6.09 Å². The van der Waals surface area contributed by atoms with E-state index < -0.39 is 5.60 Å². The summed E-state index contributed by atoms with van der Waals surface area (Å²) in [4.78, 5) is 12.1. The maximum absolute atomic E-state index is 12.1. The van der Waals surface area contributed by atoms with Crippen LogP contribution in [0.15, 0.2) is 0 Å². The van der Waals surface area contributed by atoms with Gasteiger partial charge in [0.05, 0.1) is 0 Å². The van der Waals surface area contributed by atoms with Crippen LogP contribution in [0.25, 0.3) is 0 Å². The molecule has 0 spiro atoms. The minimum Gasteiger partial charge on any atom is -0.444 e. The van der Waals surface area contributed by atoms with Gasteiger partial charge in [-0.2, -0.15) is 0 Å². The topological polar surface area (TPSA) is 64.3 Å². The Balaban J connectivity index is 1.93. The molecule has 1 amide bonds. The summed E-state index contributed by atoms with van der Waals surface area (Å²) in [5, 5.41) is 3.17. The number of amides is 1. The minimum absolute atomic E-state index is 0.0556. The second kappa shape index (κ2) is 5.55. The highest BCUT2D eigenvalue weighted by Crippen LogP contribution is 2.41. The first-order chi connectivity index (χ1) is 9.22. The molecule has 0 aromatic rings. The van der Waals surface area contributed by atoms with Crippen molar-refractivity contribution in [1.82, 2.24) is 5.32 Å². The average Bonchev–Trinajstić information content (AvgIpc) is 3.04. The van der Waals surface area contributed by atoms with Gasteiger partial charge in [0.1, 0.15) is 5.60 Å². The normalized spacial score (nSPS) is 24.0. The van der Waals surface area contributed by atoms with Crippen LogP contribution in [0.4, 0.5) is 4.79 Å². The lowest BCUT2D eigenvalue weighted by molar-refractivity contribution is 0.0411. The van der Waals surface area contributed by atoms with Crippen LogP contribution in [0, 0.1) is 0 Å². The smallest absolute Gasteiger partial charge is 0.408 e. The fraction of sp³-hybridized carbons (Fsp3) is 0.938. The summed E-state index contributed by atoms with van der Waals surface area (Å²) in [6.45, 7) is 5.71. The molecule has 0 aromatic heterocycles. The molecule has 2 saturated carbocycles. The third kappa shape index (κ3) is 4.65. The Morgan fingerprint density at radius 3 is 2.20 bits per heavy atom. The lowest BCUT2D eigenvalue weighted by Crippen LogP contribution is -2.51. The Bertz CT molecular complexity index is 350. The van der Waals surface area contributed by atoms with Gasteiger partial charge in [0.2, 0.25) is 0 Å². The fourth-order valence-electron chi connectivity index (χ4n) is 3.08. The number of ether oxygens (including phenoxy) is 1. The summed E-state index contributed by atoms with van der Waals surface area (Å²) < 4.78 is 5.43. The highest BCUT2D eigenvalue weighted by molar-refractivity contribution is 5.68.